The van der Waals surface area contributed by atoms with E-state index < -0.39 is 0 Å². The molecule has 1 aromatic heterocycles. The monoisotopic (exact) mass is 386 g/mol. The zero-order valence-corrected chi connectivity index (χ0v) is 16.6. The summed E-state index contributed by atoms with van der Waals surface area (Å²) in [6.45, 7) is 6.32. The van der Waals surface area contributed by atoms with Crippen molar-refractivity contribution < 1.29 is 9.18 Å². The van der Waals surface area contributed by atoms with E-state index >= 15 is 0 Å². The van der Waals surface area contributed by atoms with Crippen LogP contribution in [-0.2, 0) is 4.79 Å². The Morgan fingerprint density at radius 2 is 2.04 bits per heavy atom. The summed E-state index contributed by atoms with van der Waals surface area (Å²) < 4.78 is 15.3. The number of rotatable bonds is 4. The molecule has 1 aliphatic carbocycles. The second kappa shape index (κ2) is 6.78. The Bertz CT molecular complexity index is 917. The van der Waals surface area contributed by atoms with E-state index in [0.29, 0.717) is 17.5 Å². The summed E-state index contributed by atoms with van der Waals surface area (Å²) >= 11 is 1.60. The lowest BCUT2D eigenvalue weighted by Gasteiger charge is -2.38. The van der Waals surface area contributed by atoms with E-state index in [1.807, 2.05) is 0 Å². The van der Waals surface area contributed by atoms with Crippen molar-refractivity contribution in [1.29, 1.82) is 0 Å². The lowest BCUT2D eigenvalue weighted by atomic mass is 9.73. The van der Waals surface area contributed by atoms with Gasteiger partial charge in [0.05, 0.1) is 0 Å². The highest BCUT2D eigenvalue weighted by Crippen LogP contribution is 2.45. The van der Waals surface area contributed by atoms with Crippen LogP contribution in [0.5, 0.6) is 0 Å². The van der Waals surface area contributed by atoms with Gasteiger partial charge in [-0.15, -0.1) is 5.10 Å². The number of carbonyl (C=O) groups excluding carboxylic acids is 1. The van der Waals surface area contributed by atoms with Crippen LogP contribution in [0.1, 0.15) is 51.6 Å². The number of nitrogens with zero attached hydrogens (tertiary/aromatic N) is 3. The highest BCUT2D eigenvalue weighted by atomic mass is 32.2. The smallest absolute Gasteiger partial charge is 0.227 e. The molecular weight excluding hydrogens is 363 g/mol. The summed E-state index contributed by atoms with van der Waals surface area (Å²) in [5.41, 5.74) is 2.39. The second-order valence-electron chi connectivity index (χ2n) is 7.92. The number of ketones is 1. The Kier molecular flexibility index (Phi) is 4.58. The van der Waals surface area contributed by atoms with E-state index in [9.17, 15) is 9.18 Å². The van der Waals surface area contributed by atoms with Gasteiger partial charge in [0, 0.05) is 23.4 Å². The first-order valence-corrected chi connectivity index (χ1v) is 10.2. The largest absolute Gasteiger partial charge is 0.328 e. The average Bonchev–Trinajstić information content (AvgIpc) is 3.00. The normalized spacial score (nSPS) is 20.9. The number of nitrogens with one attached hydrogen (secondary N) is 1. The molecule has 2 aliphatic rings. The first kappa shape index (κ1) is 18.2. The maximum atomic E-state index is 13.5. The Morgan fingerprint density at radius 1 is 1.30 bits per heavy atom. The minimum atomic E-state index is -0.371. The van der Waals surface area contributed by atoms with Crippen LogP contribution in [0.2, 0.25) is 0 Å². The summed E-state index contributed by atoms with van der Waals surface area (Å²) in [7, 11) is 0. The van der Waals surface area contributed by atoms with E-state index in [2.05, 4.69) is 36.2 Å². The first-order valence-electron chi connectivity index (χ1n) is 9.26. The number of aromatic nitrogens is 3. The molecule has 4 rings (SSSR count). The lowest BCUT2D eigenvalue weighted by molar-refractivity contribution is -0.118. The van der Waals surface area contributed by atoms with E-state index in [-0.39, 0.29) is 23.1 Å². The molecule has 0 amide bonds. The number of benzene rings is 1. The average molecular weight is 386 g/mol. The number of hydrogen-bond donors (Lipinski definition) is 1. The van der Waals surface area contributed by atoms with E-state index in [1.165, 1.54) is 12.1 Å². The number of fused-ring (bicyclic) bond motifs is 1. The maximum absolute atomic E-state index is 13.5. The second-order valence-corrected chi connectivity index (χ2v) is 8.99. The Labute approximate surface area is 162 Å². The SMILES string of the molecule is CCCSc1nc2n(n1)[C@H](c1ccc(F)cc1)C1=C(CC(C)(C)CC1=O)N2. The predicted octanol–water partition coefficient (Wildman–Crippen LogP) is 4.58. The topological polar surface area (TPSA) is 59.8 Å². The van der Waals surface area contributed by atoms with Gasteiger partial charge in [0.2, 0.25) is 11.1 Å². The van der Waals surface area contributed by atoms with Crippen LogP contribution < -0.4 is 5.32 Å². The lowest BCUT2D eigenvalue weighted by Crippen LogP contribution is -2.36. The van der Waals surface area contributed by atoms with Crippen molar-refractivity contribution in [3.05, 3.63) is 46.9 Å². The van der Waals surface area contributed by atoms with Crippen LogP contribution in [0.15, 0.2) is 40.7 Å². The molecule has 0 radical (unpaired) electrons. The van der Waals surface area contributed by atoms with E-state index in [1.54, 1.807) is 28.6 Å². The zero-order chi connectivity index (χ0) is 19.2. The quantitative estimate of drug-likeness (QED) is 0.780. The summed E-state index contributed by atoms with van der Waals surface area (Å²) in [6.07, 6.45) is 2.30. The van der Waals surface area contributed by atoms with Crippen LogP contribution in [0.3, 0.4) is 0 Å². The third kappa shape index (κ3) is 3.40. The van der Waals surface area contributed by atoms with Gasteiger partial charge < -0.3 is 5.32 Å². The number of anilines is 1. The minimum absolute atomic E-state index is 0.0990. The molecule has 1 aromatic carbocycles. The molecule has 7 heteroatoms. The summed E-state index contributed by atoms with van der Waals surface area (Å²) in [5.74, 6) is 1.40. The number of carbonyl (C=O) groups is 1. The molecule has 0 bridgehead atoms. The van der Waals surface area contributed by atoms with Gasteiger partial charge in [-0.25, -0.2) is 9.07 Å². The molecule has 5 nitrogen and oxygen atoms in total. The number of thioether (sulfide) groups is 1. The fraction of sp³-hybridized carbons (Fsp3) is 0.450. The van der Waals surface area contributed by atoms with Gasteiger partial charge in [-0.2, -0.15) is 4.98 Å². The van der Waals surface area contributed by atoms with Crippen LogP contribution in [-0.4, -0.2) is 26.3 Å². The third-order valence-corrected chi connectivity index (χ3v) is 5.98. The fourth-order valence-corrected chi connectivity index (χ4v) is 4.48. The van der Waals surface area contributed by atoms with Crippen LogP contribution >= 0.6 is 11.8 Å². The third-order valence-electron chi connectivity index (χ3n) is 4.93. The summed E-state index contributed by atoms with van der Waals surface area (Å²) in [5, 5.41) is 8.70. The van der Waals surface area contributed by atoms with Gasteiger partial charge in [0.1, 0.15) is 11.9 Å². The van der Waals surface area contributed by atoms with Crippen molar-refractivity contribution >= 4 is 23.5 Å². The summed E-state index contributed by atoms with van der Waals surface area (Å²) in [6, 6.07) is 5.95. The highest BCUT2D eigenvalue weighted by Gasteiger charge is 2.41. The molecule has 1 N–H and O–H groups in total. The van der Waals surface area contributed by atoms with Gasteiger partial charge in [0.15, 0.2) is 5.78 Å². The molecule has 27 heavy (non-hydrogen) atoms. The Balaban J connectivity index is 1.83. The molecule has 1 aliphatic heterocycles. The standard InChI is InChI=1S/C20H23FN4OS/c1-4-9-27-19-23-18-22-14-10-20(2,3)11-15(26)16(14)17(25(18)24-19)12-5-7-13(21)8-6-12/h5-8,17H,4,9-11H2,1-3H3,(H,22,23,24)/t17-/m1/s1. The van der Waals surface area contributed by atoms with Crippen LogP contribution in [0, 0.1) is 11.2 Å². The van der Waals surface area contributed by atoms with Crippen LogP contribution in [0.25, 0.3) is 0 Å². The highest BCUT2D eigenvalue weighted by molar-refractivity contribution is 7.99. The summed E-state index contributed by atoms with van der Waals surface area (Å²) in [4.78, 5) is 17.7. The number of allylic oxidation sites excluding steroid dienone is 2. The minimum Gasteiger partial charge on any atom is -0.328 e. The van der Waals surface area contributed by atoms with E-state index in [4.69, 9.17) is 0 Å². The maximum Gasteiger partial charge on any atom is 0.227 e. The van der Waals surface area contributed by atoms with Crippen molar-refractivity contribution in [3.8, 4) is 0 Å². The van der Waals surface area contributed by atoms with Crippen molar-refractivity contribution in [2.45, 2.75) is 51.2 Å². The molecule has 2 aromatic rings. The molecule has 142 valence electrons. The molecule has 1 atom stereocenters. The van der Waals surface area contributed by atoms with E-state index in [0.717, 1.165) is 35.4 Å². The van der Waals surface area contributed by atoms with Gasteiger partial charge in [0.25, 0.3) is 0 Å². The number of Topliss-reactive ketones (excluding diaryl/α,β-unsaturated/α-hetero) is 1. The van der Waals surface area contributed by atoms with Gasteiger partial charge in [-0.1, -0.05) is 44.7 Å². The Hall–Kier alpha value is -2.15. The fourth-order valence-electron chi connectivity index (χ4n) is 3.80. The molecule has 0 fully saturated rings. The molecule has 2 heterocycles. The van der Waals surface area contributed by atoms with Crippen LogP contribution in [0.4, 0.5) is 10.3 Å². The van der Waals surface area contributed by atoms with Crippen molar-refractivity contribution in [1.82, 2.24) is 14.8 Å². The molecule has 0 saturated carbocycles. The van der Waals surface area contributed by atoms with Gasteiger partial charge in [-0.3, -0.25) is 4.79 Å². The van der Waals surface area contributed by atoms with Gasteiger partial charge in [-0.05, 0) is 36.0 Å². The predicted molar refractivity (Wildman–Crippen MR) is 104 cm³/mol. The first-order chi connectivity index (χ1) is 12.9. The van der Waals surface area contributed by atoms with Crippen molar-refractivity contribution in [2.75, 3.05) is 11.1 Å². The molecule has 0 unspecified atom stereocenters. The number of hydrogen-bond acceptors (Lipinski definition) is 5. The molecule has 0 spiro atoms. The zero-order valence-electron chi connectivity index (χ0n) is 15.8. The van der Waals surface area contributed by atoms with Crippen molar-refractivity contribution in [2.24, 2.45) is 5.41 Å². The van der Waals surface area contributed by atoms with Crippen molar-refractivity contribution in [3.63, 3.8) is 0 Å². The Morgan fingerprint density at radius 3 is 2.74 bits per heavy atom. The van der Waals surface area contributed by atoms with Gasteiger partial charge >= 0.3 is 0 Å². The molecular formula is C20H23FN4OS. The molecule has 0 saturated heterocycles. The number of halogens is 1.